The van der Waals surface area contributed by atoms with Gasteiger partial charge in [0.15, 0.2) is 0 Å². The predicted molar refractivity (Wildman–Crippen MR) is 52.8 cm³/mol. The molecule has 1 aliphatic carbocycles. The van der Waals surface area contributed by atoms with Crippen LogP contribution in [0.1, 0.15) is 33.1 Å². The van der Waals surface area contributed by atoms with Crippen LogP contribution in [0, 0.1) is 5.41 Å². The topological polar surface area (TPSA) is 70.6 Å². The first kappa shape index (κ1) is 10.3. The van der Waals surface area contributed by atoms with Crippen molar-refractivity contribution in [1.82, 2.24) is 5.32 Å². The molecule has 1 saturated carbocycles. The van der Waals surface area contributed by atoms with Crippen molar-refractivity contribution in [1.29, 1.82) is 0 Å². The van der Waals surface area contributed by atoms with E-state index in [-0.39, 0.29) is 6.04 Å². The summed E-state index contributed by atoms with van der Waals surface area (Å²) < 4.78 is 0. The first-order chi connectivity index (χ1) is 6.06. The van der Waals surface area contributed by atoms with Crippen LogP contribution < -0.4 is 11.1 Å². The van der Waals surface area contributed by atoms with Crippen molar-refractivity contribution in [2.24, 2.45) is 16.3 Å². The predicted octanol–water partition coefficient (Wildman–Crippen LogP) is 0.901. The van der Waals surface area contributed by atoms with Crippen LogP contribution in [-0.4, -0.2) is 23.6 Å². The summed E-state index contributed by atoms with van der Waals surface area (Å²) >= 11 is 0. The summed E-state index contributed by atoms with van der Waals surface area (Å²) in [6.45, 7) is 5.35. The van der Waals surface area contributed by atoms with Gasteiger partial charge in [-0.2, -0.15) is 0 Å². The molecule has 0 aromatic heterocycles. The molecule has 0 aromatic carbocycles. The minimum atomic E-state index is 0.285. The van der Waals surface area contributed by atoms with Crippen LogP contribution >= 0.6 is 0 Å². The van der Waals surface area contributed by atoms with Crippen molar-refractivity contribution in [2.45, 2.75) is 39.2 Å². The van der Waals surface area contributed by atoms with Crippen LogP contribution in [0.5, 0.6) is 0 Å². The number of oxime groups is 1. The van der Waals surface area contributed by atoms with Crippen molar-refractivity contribution in [3.8, 4) is 0 Å². The Hall–Kier alpha value is -0.770. The summed E-state index contributed by atoms with van der Waals surface area (Å²) in [6.07, 6.45) is 3.24. The van der Waals surface area contributed by atoms with E-state index in [2.05, 4.69) is 17.4 Å². The van der Waals surface area contributed by atoms with E-state index >= 15 is 0 Å². The van der Waals surface area contributed by atoms with Crippen molar-refractivity contribution >= 4 is 5.84 Å². The Bertz CT molecular complexity index is 199. The van der Waals surface area contributed by atoms with Crippen molar-refractivity contribution < 1.29 is 5.21 Å². The fourth-order valence-corrected chi connectivity index (χ4v) is 1.24. The first-order valence-electron chi connectivity index (χ1n) is 4.75. The van der Waals surface area contributed by atoms with Gasteiger partial charge in [-0.3, -0.25) is 0 Å². The molecule has 0 bridgehead atoms. The number of rotatable bonds is 5. The Kier molecular flexibility index (Phi) is 3.14. The molecule has 1 rings (SSSR count). The van der Waals surface area contributed by atoms with Gasteiger partial charge in [0, 0.05) is 19.0 Å². The molecule has 1 unspecified atom stereocenters. The van der Waals surface area contributed by atoms with Crippen molar-refractivity contribution in [3.05, 3.63) is 0 Å². The van der Waals surface area contributed by atoms with E-state index in [0.29, 0.717) is 17.7 Å². The van der Waals surface area contributed by atoms with E-state index in [1.807, 2.05) is 6.92 Å². The van der Waals surface area contributed by atoms with Crippen LogP contribution in [0.4, 0.5) is 0 Å². The fraction of sp³-hybridized carbons (Fsp3) is 0.889. The molecule has 0 heterocycles. The van der Waals surface area contributed by atoms with Crippen molar-refractivity contribution in [2.75, 3.05) is 6.54 Å². The Balaban J connectivity index is 2.14. The smallest absolute Gasteiger partial charge is 0.140 e. The Morgan fingerprint density at radius 3 is 2.77 bits per heavy atom. The molecule has 0 spiro atoms. The number of nitrogens with zero attached hydrogens (tertiary/aromatic N) is 1. The molecule has 0 radical (unpaired) electrons. The van der Waals surface area contributed by atoms with Crippen LogP contribution in [0.2, 0.25) is 0 Å². The molecule has 13 heavy (non-hydrogen) atoms. The number of amidine groups is 1. The van der Waals surface area contributed by atoms with Gasteiger partial charge in [0.1, 0.15) is 5.84 Å². The normalized spacial score (nSPS) is 22.8. The van der Waals surface area contributed by atoms with E-state index < -0.39 is 0 Å². The zero-order valence-corrected chi connectivity index (χ0v) is 8.38. The molecular weight excluding hydrogens is 166 g/mol. The highest BCUT2D eigenvalue weighted by molar-refractivity contribution is 5.80. The Morgan fingerprint density at radius 2 is 2.31 bits per heavy atom. The third-order valence-corrected chi connectivity index (χ3v) is 2.62. The van der Waals surface area contributed by atoms with Crippen LogP contribution in [-0.2, 0) is 0 Å². The van der Waals surface area contributed by atoms with Crippen LogP contribution in [0.25, 0.3) is 0 Å². The molecule has 0 aromatic rings. The maximum absolute atomic E-state index is 8.36. The second kappa shape index (κ2) is 3.96. The number of nitrogens with two attached hydrogens (primary N) is 1. The molecule has 76 valence electrons. The molecule has 1 atom stereocenters. The molecule has 1 fully saturated rings. The Morgan fingerprint density at radius 1 is 1.69 bits per heavy atom. The minimum Gasteiger partial charge on any atom is -0.409 e. The SMILES string of the molecule is CC(CC(N)=NO)NCC1(C)CC1. The summed E-state index contributed by atoms with van der Waals surface area (Å²) in [4.78, 5) is 0. The highest BCUT2D eigenvalue weighted by Crippen LogP contribution is 2.44. The molecule has 0 amide bonds. The van der Waals surface area contributed by atoms with Gasteiger partial charge in [-0.1, -0.05) is 12.1 Å². The lowest BCUT2D eigenvalue weighted by atomic mass is 10.1. The molecule has 0 aliphatic heterocycles. The number of hydrogen-bond acceptors (Lipinski definition) is 3. The third-order valence-electron chi connectivity index (χ3n) is 2.62. The molecule has 1 aliphatic rings. The van der Waals surface area contributed by atoms with E-state index in [4.69, 9.17) is 10.9 Å². The van der Waals surface area contributed by atoms with E-state index in [1.165, 1.54) is 12.8 Å². The maximum Gasteiger partial charge on any atom is 0.140 e. The van der Waals surface area contributed by atoms with E-state index in [9.17, 15) is 0 Å². The lowest BCUT2D eigenvalue weighted by molar-refractivity contribution is 0.315. The zero-order chi connectivity index (χ0) is 9.90. The van der Waals surface area contributed by atoms with Gasteiger partial charge in [-0.05, 0) is 25.2 Å². The van der Waals surface area contributed by atoms with Gasteiger partial charge in [-0.15, -0.1) is 0 Å². The second-order valence-corrected chi connectivity index (χ2v) is 4.39. The van der Waals surface area contributed by atoms with Crippen LogP contribution in [0.15, 0.2) is 5.16 Å². The largest absolute Gasteiger partial charge is 0.409 e. The molecule has 4 N–H and O–H groups in total. The molecular formula is C9H19N3O. The maximum atomic E-state index is 8.36. The van der Waals surface area contributed by atoms with E-state index in [0.717, 1.165) is 6.54 Å². The summed E-state index contributed by atoms with van der Waals surface area (Å²) in [5.74, 6) is 0.293. The molecule has 4 heteroatoms. The van der Waals surface area contributed by atoms with Gasteiger partial charge in [0.25, 0.3) is 0 Å². The standard InChI is InChI=1S/C9H19N3O/c1-7(5-8(10)12-13)11-6-9(2)3-4-9/h7,11,13H,3-6H2,1-2H3,(H2,10,12). The number of nitrogens with one attached hydrogen (secondary N) is 1. The number of hydrogen-bond donors (Lipinski definition) is 3. The van der Waals surface area contributed by atoms with Gasteiger partial charge in [0.05, 0.1) is 0 Å². The van der Waals surface area contributed by atoms with Gasteiger partial charge in [0.2, 0.25) is 0 Å². The highest BCUT2D eigenvalue weighted by Gasteiger charge is 2.36. The zero-order valence-electron chi connectivity index (χ0n) is 8.38. The fourth-order valence-electron chi connectivity index (χ4n) is 1.24. The monoisotopic (exact) mass is 185 g/mol. The van der Waals surface area contributed by atoms with Crippen LogP contribution in [0.3, 0.4) is 0 Å². The minimum absolute atomic E-state index is 0.285. The lowest BCUT2D eigenvalue weighted by Gasteiger charge is -2.15. The Labute approximate surface area is 79.2 Å². The molecule has 0 saturated heterocycles. The molecule has 4 nitrogen and oxygen atoms in total. The third kappa shape index (κ3) is 3.63. The second-order valence-electron chi connectivity index (χ2n) is 4.39. The van der Waals surface area contributed by atoms with Gasteiger partial charge in [-0.25, -0.2) is 0 Å². The van der Waals surface area contributed by atoms with Gasteiger partial charge < -0.3 is 16.3 Å². The first-order valence-corrected chi connectivity index (χ1v) is 4.75. The van der Waals surface area contributed by atoms with Crippen molar-refractivity contribution in [3.63, 3.8) is 0 Å². The summed E-state index contributed by atoms with van der Waals surface area (Å²) in [7, 11) is 0. The summed E-state index contributed by atoms with van der Waals surface area (Å²) in [5, 5.41) is 14.7. The van der Waals surface area contributed by atoms with E-state index in [1.54, 1.807) is 0 Å². The summed E-state index contributed by atoms with van der Waals surface area (Å²) in [6, 6.07) is 0.285. The quantitative estimate of drug-likeness (QED) is 0.258. The highest BCUT2D eigenvalue weighted by atomic mass is 16.4. The summed E-state index contributed by atoms with van der Waals surface area (Å²) in [5.41, 5.74) is 5.90. The average Bonchev–Trinajstić information content (AvgIpc) is 2.81. The average molecular weight is 185 g/mol. The lowest BCUT2D eigenvalue weighted by Crippen LogP contribution is -2.34. The van der Waals surface area contributed by atoms with Gasteiger partial charge >= 0.3 is 0 Å².